The number of phenols is 1. The van der Waals surface area contributed by atoms with E-state index in [0.29, 0.717) is 5.75 Å². The Labute approximate surface area is 126 Å². The van der Waals surface area contributed by atoms with Gasteiger partial charge < -0.3 is 19.7 Å². The lowest BCUT2D eigenvalue weighted by Gasteiger charge is -2.07. The normalized spacial score (nSPS) is 22.0. The zero-order valence-corrected chi connectivity index (χ0v) is 12.9. The van der Waals surface area contributed by atoms with Crippen LogP contribution in [0.1, 0.15) is 44.6 Å². The maximum absolute atomic E-state index is 9.87. The third kappa shape index (κ3) is 4.90. The smallest absolute Gasteiger partial charge is 0.160 e. The predicted octanol–water partition coefficient (Wildman–Crippen LogP) is 3.04. The van der Waals surface area contributed by atoms with E-state index in [-0.39, 0.29) is 24.1 Å². The molecule has 0 radical (unpaired) electrons. The maximum Gasteiger partial charge on any atom is 0.160 e. The van der Waals surface area contributed by atoms with Gasteiger partial charge in [0.1, 0.15) is 0 Å². The van der Waals surface area contributed by atoms with Crippen LogP contribution in [0.3, 0.4) is 0 Å². The van der Waals surface area contributed by atoms with Gasteiger partial charge in [-0.2, -0.15) is 0 Å². The number of aliphatic hydroxyl groups excluding tert-OH is 1. The van der Waals surface area contributed by atoms with Crippen molar-refractivity contribution in [1.29, 1.82) is 0 Å². The summed E-state index contributed by atoms with van der Waals surface area (Å²) < 4.78 is 10.7. The number of methoxy groups -OCH3 is 1. The van der Waals surface area contributed by atoms with Crippen LogP contribution in [-0.2, 0) is 11.2 Å². The van der Waals surface area contributed by atoms with E-state index in [2.05, 4.69) is 6.92 Å². The standard InChI is InChI=1S/C17H26O4/c1-3-4-5-13(18)11-17-15(21-17)9-7-12-6-8-14(19)16(10-12)20-2/h6,8,10,13,15,17-19H,3-5,7,9,11H2,1-2H3. The molecular formula is C17H26O4. The summed E-state index contributed by atoms with van der Waals surface area (Å²) in [5.41, 5.74) is 1.13. The quantitative estimate of drug-likeness (QED) is 0.687. The second-order valence-electron chi connectivity index (χ2n) is 5.79. The highest BCUT2D eigenvalue weighted by atomic mass is 16.6. The summed E-state index contributed by atoms with van der Waals surface area (Å²) in [5, 5.41) is 19.4. The van der Waals surface area contributed by atoms with E-state index < -0.39 is 0 Å². The number of aliphatic hydroxyl groups is 1. The van der Waals surface area contributed by atoms with Crippen molar-refractivity contribution in [2.24, 2.45) is 0 Å². The van der Waals surface area contributed by atoms with Gasteiger partial charge in [-0.1, -0.05) is 25.8 Å². The van der Waals surface area contributed by atoms with Crippen molar-refractivity contribution in [1.82, 2.24) is 0 Å². The largest absolute Gasteiger partial charge is 0.504 e. The van der Waals surface area contributed by atoms with Crippen molar-refractivity contribution in [2.45, 2.75) is 63.8 Å². The van der Waals surface area contributed by atoms with Crippen LogP contribution >= 0.6 is 0 Å². The zero-order chi connectivity index (χ0) is 15.2. The third-order valence-corrected chi connectivity index (χ3v) is 4.04. The minimum atomic E-state index is -0.228. The molecule has 118 valence electrons. The molecule has 1 aliphatic rings. The van der Waals surface area contributed by atoms with E-state index in [1.807, 2.05) is 12.1 Å². The Kier molecular flexibility index (Phi) is 5.88. The fourth-order valence-electron chi connectivity index (χ4n) is 2.65. The third-order valence-electron chi connectivity index (χ3n) is 4.04. The fraction of sp³-hybridized carbons (Fsp3) is 0.647. The van der Waals surface area contributed by atoms with Gasteiger partial charge in [0.2, 0.25) is 0 Å². The zero-order valence-electron chi connectivity index (χ0n) is 12.9. The number of hydrogen-bond acceptors (Lipinski definition) is 4. The number of ether oxygens (including phenoxy) is 2. The number of aryl methyl sites for hydroxylation is 1. The van der Waals surface area contributed by atoms with Crippen LogP contribution in [0.25, 0.3) is 0 Å². The monoisotopic (exact) mass is 294 g/mol. The van der Waals surface area contributed by atoms with Crippen LogP contribution in [0.4, 0.5) is 0 Å². The highest BCUT2D eigenvalue weighted by Crippen LogP contribution is 2.33. The molecule has 1 aromatic rings. The highest BCUT2D eigenvalue weighted by molar-refractivity contribution is 5.41. The number of epoxide rings is 1. The molecule has 0 amide bonds. The Hall–Kier alpha value is -1.26. The van der Waals surface area contributed by atoms with Crippen molar-refractivity contribution < 1.29 is 19.7 Å². The van der Waals surface area contributed by atoms with Gasteiger partial charge in [0.05, 0.1) is 25.4 Å². The van der Waals surface area contributed by atoms with Crippen molar-refractivity contribution in [3.63, 3.8) is 0 Å². The molecule has 1 saturated heterocycles. The summed E-state index contributed by atoms with van der Waals surface area (Å²) in [4.78, 5) is 0. The number of phenolic OH excluding ortho intramolecular Hbond substituents is 1. The molecule has 4 heteroatoms. The molecule has 0 spiro atoms. The number of aromatic hydroxyl groups is 1. The van der Waals surface area contributed by atoms with E-state index in [0.717, 1.165) is 44.1 Å². The molecule has 2 rings (SSSR count). The number of unbranched alkanes of at least 4 members (excludes halogenated alkanes) is 1. The van der Waals surface area contributed by atoms with Crippen LogP contribution in [-0.4, -0.2) is 35.6 Å². The number of benzene rings is 1. The SMILES string of the molecule is CCCCC(O)CC1OC1CCc1ccc(O)c(OC)c1. The average Bonchev–Trinajstić information content (AvgIpc) is 3.22. The average molecular weight is 294 g/mol. The van der Waals surface area contributed by atoms with Crippen LogP contribution in [0, 0.1) is 0 Å². The summed E-state index contributed by atoms with van der Waals surface area (Å²) in [5.74, 6) is 0.677. The summed E-state index contributed by atoms with van der Waals surface area (Å²) >= 11 is 0. The van der Waals surface area contributed by atoms with Gasteiger partial charge in [-0.25, -0.2) is 0 Å². The summed E-state index contributed by atoms with van der Waals surface area (Å²) in [6.45, 7) is 2.13. The van der Waals surface area contributed by atoms with Gasteiger partial charge in [-0.15, -0.1) is 0 Å². The highest BCUT2D eigenvalue weighted by Gasteiger charge is 2.39. The lowest BCUT2D eigenvalue weighted by molar-refractivity contribution is 0.140. The van der Waals surface area contributed by atoms with Crippen molar-refractivity contribution in [3.8, 4) is 11.5 Å². The predicted molar refractivity (Wildman–Crippen MR) is 81.8 cm³/mol. The Bertz CT molecular complexity index is 446. The molecule has 1 fully saturated rings. The molecule has 3 atom stereocenters. The van der Waals surface area contributed by atoms with Gasteiger partial charge >= 0.3 is 0 Å². The lowest BCUT2D eigenvalue weighted by atomic mass is 10.0. The van der Waals surface area contributed by atoms with Gasteiger partial charge in [-0.3, -0.25) is 0 Å². The second-order valence-corrected chi connectivity index (χ2v) is 5.79. The van der Waals surface area contributed by atoms with Crippen LogP contribution in [0.15, 0.2) is 18.2 Å². The minimum absolute atomic E-state index is 0.167. The van der Waals surface area contributed by atoms with Crippen molar-refractivity contribution >= 4 is 0 Å². The van der Waals surface area contributed by atoms with E-state index in [1.165, 1.54) is 0 Å². The first kappa shape index (κ1) is 16.1. The Morgan fingerprint density at radius 1 is 1.33 bits per heavy atom. The van der Waals surface area contributed by atoms with E-state index in [4.69, 9.17) is 9.47 Å². The van der Waals surface area contributed by atoms with E-state index in [9.17, 15) is 10.2 Å². The Balaban J connectivity index is 1.71. The molecule has 1 aliphatic heterocycles. The van der Waals surface area contributed by atoms with E-state index in [1.54, 1.807) is 13.2 Å². The Morgan fingerprint density at radius 3 is 2.86 bits per heavy atom. The maximum atomic E-state index is 9.87. The molecule has 0 aliphatic carbocycles. The molecular weight excluding hydrogens is 268 g/mol. The van der Waals surface area contributed by atoms with Crippen LogP contribution in [0.5, 0.6) is 11.5 Å². The van der Waals surface area contributed by atoms with Crippen LogP contribution < -0.4 is 4.74 Å². The molecule has 0 aromatic heterocycles. The first-order chi connectivity index (χ1) is 10.1. The summed E-state index contributed by atoms with van der Waals surface area (Å²) in [6, 6.07) is 5.43. The minimum Gasteiger partial charge on any atom is -0.504 e. The van der Waals surface area contributed by atoms with Crippen molar-refractivity contribution in [3.05, 3.63) is 23.8 Å². The van der Waals surface area contributed by atoms with Gasteiger partial charge in [0.25, 0.3) is 0 Å². The lowest BCUT2D eigenvalue weighted by Crippen LogP contribution is -2.11. The first-order valence-corrected chi connectivity index (χ1v) is 7.83. The van der Waals surface area contributed by atoms with E-state index >= 15 is 0 Å². The van der Waals surface area contributed by atoms with Gasteiger partial charge in [-0.05, 0) is 37.0 Å². The summed E-state index contributed by atoms with van der Waals surface area (Å²) in [7, 11) is 1.55. The summed E-state index contributed by atoms with van der Waals surface area (Å²) in [6.07, 6.45) is 5.91. The topological polar surface area (TPSA) is 62.2 Å². The number of rotatable bonds is 9. The molecule has 4 nitrogen and oxygen atoms in total. The molecule has 1 heterocycles. The molecule has 2 N–H and O–H groups in total. The molecule has 0 bridgehead atoms. The van der Waals surface area contributed by atoms with Crippen LogP contribution in [0.2, 0.25) is 0 Å². The van der Waals surface area contributed by atoms with Gasteiger partial charge in [0.15, 0.2) is 11.5 Å². The molecule has 21 heavy (non-hydrogen) atoms. The molecule has 1 aromatic carbocycles. The molecule has 3 unspecified atom stereocenters. The first-order valence-electron chi connectivity index (χ1n) is 7.83. The van der Waals surface area contributed by atoms with Crippen molar-refractivity contribution in [2.75, 3.05) is 7.11 Å². The van der Waals surface area contributed by atoms with Gasteiger partial charge in [0, 0.05) is 6.42 Å². The Morgan fingerprint density at radius 2 is 2.14 bits per heavy atom. The number of hydrogen-bond donors (Lipinski definition) is 2. The second kappa shape index (κ2) is 7.66. The molecule has 0 saturated carbocycles. The fourth-order valence-corrected chi connectivity index (χ4v) is 2.65.